The van der Waals surface area contributed by atoms with Crippen molar-refractivity contribution in [3.63, 3.8) is 0 Å². The predicted octanol–water partition coefficient (Wildman–Crippen LogP) is 3.33. The van der Waals surface area contributed by atoms with E-state index in [4.69, 9.17) is 9.84 Å². The van der Waals surface area contributed by atoms with Gasteiger partial charge in [0.05, 0.1) is 13.2 Å². The summed E-state index contributed by atoms with van der Waals surface area (Å²) in [4.78, 5) is 0. The Bertz CT molecular complexity index is 439. The van der Waals surface area contributed by atoms with E-state index < -0.39 is 0 Å². The maximum Gasteiger partial charge on any atom is 0.0585 e. The summed E-state index contributed by atoms with van der Waals surface area (Å²) in [6, 6.07) is 6.84. The molecule has 0 bridgehead atoms. The van der Waals surface area contributed by atoms with Crippen molar-refractivity contribution in [3.05, 3.63) is 34.9 Å². The van der Waals surface area contributed by atoms with Crippen molar-refractivity contribution >= 4 is 0 Å². The number of benzene rings is 1. The lowest BCUT2D eigenvalue weighted by atomic mass is 9.72. The topological polar surface area (TPSA) is 29.5 Å². The zero-order valence-electron chi connectivity index (χ0n) is 12.6. The van der Waals surface area contributed by atoms with Crippen molar-refractivity contribution in [2.75, 3.05) is 19.8 Å². The standard InChI is InChI=1S/C17H26O2/c1-13-10-14(16(2,3)4)6-7-15(13)17(8-5-9-18)11-19-12-17/h6-7,10,18H,5,8-9,11-12H2,1-4H3. The minimum absolute atomic E-state index is 0.142. The van der Waals surface area contributed by atoms with E-state index in [1.54, 1.807) is 0 Å². The predicted molar refractivity (Wildman–Crippen MR) is 78.7 cm³/mol. The number of aliphatic hydroxyl groups is 1. The number of hydrogen-bond donors (Lipinski definition) is 1. The monoisotopic (exact) mass is 262 g/mol. The summed E-state index contributed by atoms with van der Waals surface area (Å²) < 4.78 is 5.46. The van der Waals surface area contributed by atoms with Crippen molar-refractivity contribution in [3.8, 4) is 0 Å². The molecule has 1 aliphatic heterocycles. The van der Waals surface area contributed by atoms with Gasteiger partial charge in [0.2, 0.25) is 0 Å². The van der Waals surface area contributed by atoms with Gasteiger partial charge in [0.1, 0.15) is 0 Å². The molecule has 1 heterocycles. The Morgan fingerprint density at radius 2 is 1.95 bits per heavy atom. The van der Waals surface area contributed by atoms with Crippen LogP contribution < -0.4 is 0 Å². The number of ether oxygens (including phenoxy) is 1. The molecule has 1 aromatic rings. The van der Waals surface area contributed by atoms with E-state index in [2.05, 4.69) is 45.9 Å². The molecule has 1 fully saturated rings. The average molecular weight is 262 g/mol. The first-order valence-electron chi connectivity index (χ1n) is 7.19. The molecule has 2 rings (SSSR count). The molecule has 106 valence electrons. The molecule has 1 N–H and O–H groups in total. The number of hydrogen-bond acceptors (Lipinski definition) is 2. The molecule has 1 aromatic carbocycles. The van der Waals surface area contributed by atoms with E-state index in [0.717, 1.165) is 26.1 Å². The minimum atomic E-state index is 0.142. The minimum Gasteiger partial charge on any atom is -0.396 e. The SMILES string of the molecule is Cc1cc(C(C)(C)C)ccc1C1(CCCO)COC1. The number of aryl methyl sites for hydroxylation is 1. The number of rotatable bonds is 4. The maximum atomic E-state index is 9.08. The molecular weight excluding hydrogens is 236 g/mol. The van der Waals surface area contributed by atoms with Crippen molar-refractivity contribution in [1.82, 2.24) is 0 Å². The van der Waals surface area contributed by atoms with Crippen LogP contribution >= 0.6 is 0 Å². The Morgan fingerprint density at radius 3 is 2.37 bits per heavy atom. The Balaban J connectivity index is 2.29. The molecule has 2 nitrogen and oxygen atoms in total. The van der Waals surface area contributed by atoms with Crippen molar-refractivity contribution in [2.24, 2.45) is 0 Å². The highest BCUT2D eigenvalue weighted by Gasteiger charge is 2.40. The van der Waals surface area contributed by atoms with E-state index >= 15 is 0 Å². The lowest BCUT2D eigenvalue weighted by Gasteiger charge is -2.43. The summed E-state index contributed by atoms with van der Waals surface area (Å²) in [6.07, 6.45) is 1.86. The summed E-state index contributed by atoms with van der Waals surface area (Å²) >= 11 is 0. The molecule has 1 saturated heterocycles. The van der Waals surface area contributed by atoms with Gasteiger partial charge in [-0.25, -0.2) is 0 Å². The third kappa shape index (κ3) is 2.85. The largest absolute Gasteiger partial charge is 0.396 e. The molecule has 0 aromatic heterocycles. The van der Waals surface area contributed by atoms with Crippen molar-refractivity contribution in [1.29, 1.82) is 0 Å². The summed E-state index contributed by atoms with van der Waals surface area (Å²) in [5, 5.41) is 9.08. The van der Waals surface area contributed by atoms with Gasteiger partial charge in [-0.1, -0.05) is 39.0 Å². The fraction of sp³-hybridized carbons (Fsp3) is 0.647. The summed E-state index contributed by atoms with van der Waals surface area (Å²) in [7, 11) is 0. The van der Waals surface area contributed by atoms with Gasteiger partial charge >= 0.3 is 0 Å². The third-order valence-electron chi connectivity index (χ3n) is 4.23. The fourth-order valence-corrected chi connectivity index (χ4v) is 2.93. The van der Waals surface area contributed by atoms with Gasteiger partial charge in [-0.2, -0.15) is 0 Å². The van der Waals surface area contributed by atoms with E-state index in [1.807, 2.05) is 0 Å². The van der Waals surface area contributed by atoms with Gasteiger partial charge in [0.25, 0.3) is 0 Å². The second kappa shape index (κ2) is 5.26. The molecule has 0 saturated carbocycles. The Hall–Kier alpha value is -0.860. The van der Waals surface area contributed by atoms with Gasteiger partial charge in [0, 0.05) is 12.0 Å². The Kier molecular flexibility index (Phi) is 4.03. The Labute approximate surface area is 116 Å². The molecule has 2 heteroatoms. The van der Waals surface area contributed by atoms with Crippen molar-refractivity contribution in [2.45, 2.75) is 51.4 Å². The summed E-state index contributed by atoms with van der Waals surface area (Å²) in [5.41, 5.74) is 4.47. The second-order valence-electron chi connectivity index (χ2n) is 6.88. The molecular formula is C17H26O2. The molecule has 0 unspecified atom stereocenters. The first kappa shape index (κ1) is 14.5. The van der Waals surface area contributed by atoms with E-state index in [1.165, 1.54) is 16.7 Å². The van der Waals surface area contributed by atoms with Gasteiger partial charge in [-0.15, -0.1) is 0 Å². The van der Waals surface area contributed by atoms with Crippen LogP contribution in [0.4, 0.5) is 0 Å². The summed E-state index contributed by atoms with van der Waals surface area (Å²) in [5.74, 6) is 0. The molecule has 1 aliphatic rings. The van der Waals surface area contributed by atoms with Crippen LogP contribution in [-0.2, 0) is 15.6 Å². The van der Waals surface area contributed by atoms with Crippen LogP contribution in [0.15, 0.2) is 18.2 Å². The highest BCUT2D eigenvalue weighted by atomic mass is 16.5. The van der Waals surface area contributed by atoms with Gasteiger partial charge < -0.3 is 9.84 Å². The lowest BCUT2D eigenvalue weighted by molar-refractivity contribution is -0.0668. The van der Waals surface area contributed by atoms with Crippen LogP contribution in [0.1, 0.15) is 50.3 Å². The highest BCUT2D eigenvalue weighted by Crippen LogP contribution is 2.39. The van der Waals surface area contributed by atoms with E-state index in [9.17, 15) is 0 Å². The highest BCUT2D eigenvalue weighted by molar-refractivity contribution is 5.40. The first-order chi connectivity index (χ1) is 8.89. The van der Waals surface area contributed by atoms with Gasteiger partial charge in [0.15, 0.2) is 0 Å². The average Bonchev–Trinajstić information content (AvgIpc) is 2.28. The molecule has 0 amide bonds. The lowest BCUT2D eigenvalue weighted by Crippen LogP contribution is -2.47. The van der Waals surface area contributed by atoms with Crippen LogP contribution in [0.5, 0.6) is 0 Å². The fourth-order valence-electron chi connectivity index (χ4n) is 2.93. The van der Waals surface area contributed by atoms with Crippen molar-refractivity contribution < 1.29 is 9.84 Å². The van der Waals surface area contributed by atoms with Gasteiger partial charge in [-0.3, -0.25) is 0 Å². The molecule has 0 aliphatic carbocycles. The summed E-state index contributed by atoms with van der Waals surface area (Å²) in [6.45, 7) is 10.8. The molecule has 0 atom stereocenters. The molecule has 0 spiro atoms. The van der Waals surface area contributed by atoms with E-state index in [0.29, 0.717) is 0 Å². The van der Waals surface area contributed by atoms with Crippen LogP contribution in [0.3, 0.4) is 0 Å². The van der Waals surface area contributed by atoms with Crippen LogP contribution in [0.25, 0.3) is 0 Å². The second-order valence-corrected chi connectivity index (χ2v) is 6.88. The Morgan fingerprint density at radius 1 is 1.26 bits per heavy atom. The first-order valence-corrected chi connectivity index (χ1v) is 7.19. The number of aliphatic hydroxyl groups excluding tert-OH is 1. The van der Waals surface area contributed by atoms with Crippen LogP contribution in [-0.4, -0.2) is 24.9 Å². The zero-order valence-corrected chi connectivity index (χ0v) is 12.6. The van der Waals surface area contributed by atoms with E-state index in [-0.39, 0.29) is 17.4 Å². The van der Waals surface area contributed by atoms with Crippen LogP contribution in [0.2, 0.25) is 0 Å². The quantitative estimate of drug-likeness (QED) is 0.902. The molecule has 19 heavy (non-hydrogen) atoms. The molecule has 0 radical (unpaired) electrons. The normalized spacial score (nSPS) is 18.2. The maximum absolute atomic E-state index is 9.08. The third-order valence-corrected chi connectivity index (χ3v) is 4.23. The zero-order chi connectivity index (χ0) is 14.1. The van der Waals surface area contributed by atoms with Gasteiger partial charge in [-0.05, 0) is 41.9 Å². The van der Waals surface area contributed by atoms with Crippen LogP contribution in [0, 0.1) is 6.92 Å². The smallest absolute Gasteiger partial charge is 0.0585 e.